The van der Waals surface area contributed by atoms with Gasteiger partial charge in [-0.2, -0.15) is 13.2 Å². The van der Waals surface area contributed by atoms with Crippen LogP contribution in [0.5, 0.6) is 0 Å². The Labute approximate surface area is 254 Å². The number of benzene rings is 2. The third kappa shape index (κ3) is 8.15. The topological polar surface area (TPSA) is 139 Å². The van der Waals surface area contributed by atoms with Crippen molar-refractivity contribution in [2.75, 3.05) is 43.8 Å². The van der Waals surface area contributed by atoms with Crippen molar-refractivity contribution in [3.63, 3.8) is 0 Å². The SMILES string of the molecule is CC(C)(C)OC(=O)N1CC2(CN(CC[C@H](CSc3ccccc3)Nc3ccc(S(N)(=O)=O)cc3S(=O)(=O)C(F)(F)F)C2)C1. The molecule has 3 N–H and O–H groups in total. The van der Waals surface area contributed by atoms with Crippen LogP contribution < -0.4 is 10.5 Å². The van der Waals surface area contributed by atoms with Gasteiger partial charge >= 0.3 is 11.6 Å². The van der Waals surface area contributed by atoms with Crippen LogP contribution in [0.2, 0.25) is 0 Å². The zero-order chi connectivity index (χ0) is 31.8. The number of ether oxygens (including phenoxy) is 1. The van der Waals surface area contributed by atoms with E-state index in [1.54, 1.807) is 4.90 Å². The fourth-order valence-corrected chi connectivity index (χ4v) is 7.65. The molecule has 2 aliphatic heterocycles. The number of carbonyl (C=O) groups excluding carboxylic acids is 1. The van der Waals surface area contributed by atoms with Gasteiger partial charge in [0.05, 0.1) is 10.6 Å². The number of sulfonamides is 1. The minimum atomic E-state index is -5.90. The lowest BCUT2D eigenvalue weighted by Gasteiger charge is -2.60. The Morgan fingerprint density at radius 1 is 1.05 bits per heavy atom. The van der Waals surface area contributed by atoms with Crippen LogP contribution >= 0.6 is 11.8 Å². The van der Waals surface area contributed by atoms with Crippen LogP contribution in [0.15, 0.2) is 63.2 Å². The van der Waals surface area contributed by atoms with E-state index in [0.717, 1.165) is 30.1 Å². The number of alkyl halides is 3. The summed E-state index contributed by atoms with van der Waals surface area (Å²) in [6.07, 6.45) is 0.102. The number of primary sulfonamides is 1. The second-order valence-electron chi connectivity index (χ2n) is 12.0. The molecule has 0 aliphatic carbocycles. The maximum Gasteiger partial charge on any atom is 0.501 e. The summed E-state index contributed by atoms with van der Waals surface area (Å²) in [5.41, 5.74) is -6.62. The maximum atomic E-state index is 13.6. The lowest BCUT2D eigenvalue weighted by Crippen LogP contribution is -2.73. The number of likely N-dealkylation sites (tertiary alicyclic amines) is 2. The first-order valence-corrected chi connectivity index (χ1v) is 17.4. The Balaban J connectivity index is 1.47. The lowest BCUT2D eigenvalue weighted by molar-refractivity contribution is -0.112. The van der Waals surface area contributed by atoms with Crippen LogP contribution in [-0.2, 0) is 24.6 Å². The van der Waals surface area contributed by atoms with Gasteiger partial charge in [-0.3, -0.25) is 0 Å². The normalized spacial score (nSPS) is 18.1. The fraction of sp³-hybridized carbons (Fsp3) is 0.519. The minimum Gasteiger partial charge on any atom is -0.444 e. The molecule has 0 aromatic heterocycles. The fourth-order valence-electron chi connectivity index (χ4n) is 5.09. The molecule has 0 radical (unpaired) electrons. The van der Waals surface area contributed by atoms with Crippen molar-refractivity contribution in [2.24, 2.45) is 10.6 Å². The van der Waals surface area contributed by atoms with E-state index >= 15 is 0 Å². The summed E-state index contributed by atoms with van der Waals surface area (Å²) in [4.78, 5) is 15.1. The van der Waals surface area contributed by atoms with Gasteiger partial charge in [-0.25, -0.2) is 26.8 Å². The highest BCUT2D eigenvalue weighted by Crippen LogP contribution is 2.41. The summed E-state index contributed by atoms with van der Waals surface area (Å²) in [5.74, 6) is 0.387. The first-order valence-electron chi connectivity index (χ1n) is 13.4. The van der Waals surface area contributed by atoms with Crippen molar-refractivity contribution in [1.29, 1.82) is 0 Å². The molecule has 1 atom stereocenters. The van der Waals surface area contributed by atoms with Gasteiger partial charge < -0.3 is 19.9 Å². The Morgan fingerprint density at radius 3 is 2.23 bits per heavy atom. The van der Waals surface area contributed by atoms with Crippen LogP contribution in [0.3, 0.4) is 0 Å². The molecular weight excluding hydrogens is 630 g/mol. The number of carbonyl (C=O) groups is 1. The predicted molar refractivity (Wildman–Crippen MR) is 157 cm³/mol. The van der Waals surface area contributed by atoms with Gasteiger partial charge in [0, 0.05) is 54.8 Å². The zero-order valence-electron chi connectivity index (χ0n) is 23.9. The molecule has 238 valence electrons. The molecule has 1 amide bonds. The number of nitrogens with two attached hydrogens (primary N) is 1. The van der Waals surface area contributed by atoms with Crippen LogP contribution in [0.25, 0.3) is 0 Å². The summed E-state index contributed by atoms with van der Waals surface area (Å²) in [7, 11) is -10.4. The van der Waals surface area contributed by atoms with Gasteiger partial charge in [-0.05, 0) is 57.5 Å². The Bertz CT molecular complexity index is 1530. The minimum absolute atomic E-state index is 0.0177. The molecule has 0 bridgehead atoms. The Kier molecular flexibility index (Phi) is 9.39. The third-order valence-corrected chi connectivity index (χ3v) is 10.7. The second kappa shape index (κ2) is 12.1. The van der Waals surface area contributed by atoms with E-state index in [-0.39, 0.29) is 17.2 Å². The quantitative estimate of drug-likeness (QED) is 0.359. The number of sulfone groups is 1. The molecule has 10 nitrogen and oxygen atoms in total. The first kappa shape index (κ1) is 33.4. The van der Waals surface area contributed by atoms with E-state index in [0.29, 0.717) is 37.9 Å². The number of halogens is 3. The number of thioether (sulfide) groups is 1. The van der Waals surface area contributed by atoms with Gasteiger partial charge in [-0.1, -0.05) is 18.2 Å². The van der Waals surface area contributed by atoms with Gasteiger partial charge in [0.15, 0.2) is 0 Å². The average molecular weight is 665 g/mol. The van der Waals surface area contributed by atoms with E-state index < -0.39 is 46.8 Å². The van der Waals surface area contributed by atoms with Crippen molar-refractivity contribution in [3.8, 4) is 0 Å². The average Bonchev–Trinajstić information content (AvgIpc) is 2.83. The molecule has 43 heavy (non-hydrogen) atoms. The second-order valence-corrected chi connectivity index (χ2v) is 16.5. The molecular formula is C27H35F3N4O6S3. The van der Waals surface area contributed by atoms with Gasteiger partial charge in [0.2, 0.25) is 10.0 Å². The molecule has 0 saturated carbocycles. The molecule has 2 aromatic rings. The molecule has 2 fully saturated rings. The van der Waals surface area contributed by atoms with Crippen molar-refractivity contribution >= 4 is 43.4 Å². The van der Waals surface area contributed by atoms with E-state index in [9.17, 15) is 34.8 Å². The molecule has 0 unspecified atom stereocenters. The zero-order valence-corrected chi connectivity index (χ0v) is 26.4. The number of hydrogen-bond donors (Lipinski definition) is 2. The molecule has 1 spiro atoms. The number of anilines is 1. The summed E-state index contributed by atoms with van der Waals surface area (Å²) in [6, 6.07) is 11.2. The van der Waals surface area contributed by atoms with E-state index in [1.807, 2.05) is 51.1 Å². The predicted octanol–water partition coefficient (Wildman–Crippen LogP) is 4.14. The van der Waals surface area contributed by atoms with Crippen LogP contribution in [0.1, 0.15) is 27.2 Å². The van der Waals surface area contributed by atoms with Crippen molar-refractivity contribution in [3.05, 3.63) is 48.5 Å². The van der Waals surface area contributed by atoms with Crippen LogP contribution in [0, 0.1) is 5.41 Å². The molecule has 16 heteroatoms. The Morgan fingerprint density at radius 2 is 1.67 bits per heavy atom. The standard InChI is InChI=1S/C27H35F3N4O6S3/c1-25(2,3)40-24(35)34-17-26(18-34)15-33(16-26)12-11-19(14-41-20-7-5-4-6-8-20)32-22-10-9-21(43(31,38)39)13-23(22)42(36,37)27(28,29)30/h4-10,13,19,32H,11-12,14-18H2,1-3H3,(H2,31,38,39)/t19-/m1/s1. The van der Waals surface area contributed by atoms with Gasteiger partial charge in [0.1, 0.15) is 10.5 Å². The summed E-state index contributed by atoms with van der Waals surface area (Å²) in [5, 5.41) is 8.01. The molecule has 2 saturated heterocycles. The van der Waals surface area contributed by atoms with Crippen molar-refractivity contribution in [2.45, 2.75) is 59.0 Å². The summed E-state index contributed by atoms with van der Waals surface area (Å²) < 4.78 is 94.7. The molecule has 2 aromatic carbocycles. The van der Waals surface area contributed by atoms with E-state index in [1.165, 1.54) is 11.8 Å². The number of nitrogens with zero attached hydrogens (tertiary/aromatic N) is 2. The van der Waals surface area contributed by atoms with Crippen molar-refractivity contribution < 1.29 is 39.5 Å². The number of rotatable bonds is 10. The van der Waals surface area contributed by atoms with E-state index in [2.05, 4.69) is 10.2 Å². The first-order chi connectivity index (χ1) is 19.8. The van der Waals surface area contributed by atoms with Gasteiger partial charge in [-0.15, -0.1) is 11.8 Å². The highest BCUT2D eigenvalue weighted by molar-refractivity contribution is 7.99. The lowest BCUT2D eigenvalue weighted by atomic mass is 9.73. The van der Waals surface area contributed by atoms with Gasteiger partial charge in [0.25, 0.3) is 9.84 Å². The van der Waals surface area contributed by atoms with E-state index in [4.69, 9.17) is 9.88 Å². The molecule has 4 rings (SSSR count). The summed E-state index contributed by atoms with van der Waals surface area (Å²) in [6.45, 7) is 8.63. The molecule has 2 aliphatic rings. The number of amides is 1. The van der Waals surface area contributed by atoms with Crippen LogP contribution in [0.4, 0.5) is 23.7 Å². The highest BCUT2D eigenvalue weighted by atomic mass is 32.2. The number of hydrogen-bond acceptors (Lipinski definition) is 9. The smallest absolute Gasteiger partial charge is 0.444 e. The Hall–Kier alpha value is -2.53. The highest BCUT2D eigenvalue weighted by Gasteiger charge is 2.53. The largest absolute Gasteiger partial charge is 0.501 e. The molecule has 2 heterocycles. The monoisotopic (exact) mass is 664 g/mol. The number of nitrogens with one attached hydrogen (secondary N) is 1. The van der Waals surface area contributed by atoms with Crippen molar-refractivity contribution in [1.82, 2.24) is 9.80 Å². The third-order valence-electron chi connectivity index (χ3n) is 7.05. The summed E-state index contributed by atoms with van der Waals surface area (Å²) >= 11 is 1.45. The van der Waals surface area contributed by atoms with Crippen LogP contribution in [-0.4, -0.2) is 88.4 Å². The maximum absolute atomic E-state index is 13.6.